The van der Waals surface area contributed by atoms with Crippen LogP contribution in [-0.4, -0.2) is 223 Å². The number of likely N-dealkylation sites (N-methyl/N-ethyl adjacent to an activating group) is 1. The van der Waals surface area contributed by atoms with E-state index in [1.54, 1.807) is 14.7 Å². The minimum absolute atomic E-state index is 0.0310. The van der Waals surface area contributed by atoms with Crippen LogP contribution < -0.4 is 21.3 Å². The molecule has 2 aliphatic rings. The Morgan fingerprint density at radius 1 is 0.764 bits per heavy atom. The van der Waals surface area contributed by atoms with Crippen molar-refractivity contribution in [2.45, 2.75) is 50.8 Å². The Hall–Kier alpha value is -3.87. The van der Waals surface area contributed by atoms with Crippen LogP contribution in [0.25, 0.3) is 0 Å². The molecule has 55 heavy (non-hydrogen) atoms. The molecule has 0 bridgehead atoms. The Bertz CT molecular complexity index is 1250. The summed E-state index contributed by atoms with van der Waals surface area (Å²) in [5.41, 5.74) is 0. The van der Waals surface area contributed by atoms with Gasteiger partial charge in [0, 0.05) is 84.3 Å². The van der Waals surface area contributed by atoms with Crippen molar-refractivity contribution in [3.8, 4) is 0 Å². The predicted octanol–water partition coefficient (Wildman–Crippen LogP) is -5.17. The van der Waals surface area contributed by atoms with Crippen molar-refractivity contribution in [3.63, 3.8) is 0 Å². The van der Waals surface area contributed by atoms with Crippen molar-refractivity contribution < 1.29 is 68.6 Å². The Labute approximate surface area is 319 Å². The zero-order valence-electron chi connectivity index (χ0n) is 31.5. The van der Waals surface area contributed by atoms with Gasteiger partial charge in [-0.2, -0.15) is 0 Å². The first kappa shape index (κ1) is 47.3. The summed E-state index contributed by atoms with van der Waals surface area (Å²) in [6, 6.07) is -1.82. The van der Waals surface area contributed by atoms with Crippen molar-refractivity contribution in [2.75, 3.05) is 112 Å². The fourth-order valence-corrected chi connectivity index (χ4v) is 6.09. The highest BCUT2D eigenvalue weighted by molar-refractivity contribution is 5.88. The van der Waals surface area contributed by atoms with Crippen LogP contribution in [0.15, 0.2) is 0 Å². The quantitative estimate of drug-likeness (QED) is 0.0525. The van der Waals surface area contributed by atoms with Gasteiger partial charge in [0.15, 0.2) is 12.6 Å². The van der Waals surface area contributed by atoms with E-state index in [0.29, 0.717) is 32.7 Å². The number of aliphatic carboxylic acids is 3. The largest absolute Gasteiger partial charge is 0.480 e. The fourth-order valence-electron chi connectivity index (χ4n) is 6.09. The lowest BCUT2D eigenvalue weighted by atomic mass is 9.93. The lowest BCUT2D eigenvalue weighted by Crippen LogP contribution is -2.57. The molecule has 0 saturated carbocycles. The zero-order valence-corrected chi connectivity index (χ0v) is 31.5. The maximum absolute atomic E-state index is 12.7. The summed E-state index contributed by atoms with van der Waals surface area (Å²) < 4.78 is 11.5. The van der Waals surface area contributed by atoms with E-state index in [-0.39, 0.29) is 84.0 Å². The number of aliphatic hydroxyl groups is 2. The van der Waals surface area contributed by atoms with Crippen molar-refractivity contribution in [1.29, 1.82) is 0 Å². The number of Topliss-reactive ketones (excluding diaryl/α,β-unsaturated/α-hetero) is 1. The van der Waals surface area contributed by atoms with Crippen LogP contribution in [0.2, 0.25) is 0 Å². The van der Waals surface area contributed by atoms with Crippen molar-refractivity contribution >= 4 is 41.4 Å². The molecule has 0 radical (unpaired) electrons. The average Bonchev–Trinajstić information content (AvgIpc) is 3.11. The second kappa shape index (κ2) is 25.3. The maximum atomic E-state index is 12.7. The number of nitrogens with zero attached hydrogens (tertiary/aromatic N) is 4. The van der Waals surface area contributed by atoms with Gasteiger partial charge in [-0.05, 0) is 20.4 Å². The molecule has 5 unspecified atom stereocenters. The second-order valence-corrected chi connectivity index (χ2v) is 13.5. The number of aliphatic hydroxyl groups excluding tert-OH is 2. The van der Waals surface area contributed by atoms with Crippen LogP contribution in [0.5, 0.6) is 0 Å². The van der Waals surface area contributed by atoms with Crippen LogP contribution in [0.1, 0.15) is 26.2 Å². The van der Waals surface area contributed by atoms with E-state index in [1.807, 2.05) is 4.90 Å². The van der Waals surface area contributed by atoms with Crippen molar-refractivity contribution in [2.24, 2.45) is 5.92 Å². The number of rotatable bonds is 21. The van der Waals surface area contributed by atoms with Gasteiger partial charge < -0.3 is 56.3 Å². The predicted molar refractivity (Wildman–Crippen MR) is 191 cm³/mol. The number of carboxylic acid groups (broad SMARTS) is 3. The summed E-state index contributed by atoms with van der Waals surface area (Å²) in [6.45, 7) is 2.52. The summed E-state index contributed by atoms with van der Waals surface area (Å²) in [6.07, 6.45) is -2.34. The zero-order chi connectivity index (χ0) is 40.9. The monoisotopic (exact) mass is 790 g/mol. The molecule has 0 spiro atoms. The molecule has 0 aromatic heterocycles. The molecule has 0 aromatic rings. The van der Waals surface area contributed by atoms with Crippen LogP contribution >= 0.6 is 0 Å². The molecule has 0 aromatic carbocycles. The first-order chi connectivity index (χ1) is 26.1. The third-order valence-electron chi connectivity index (χ3n) is 9.16. The lowest BCUT2D eigenvalue weighted by molar-refractivity contribution is -0.275. The van der Waals surface area contributed by atoms with Crippen LogP contribution in [0.3, 0.4) is 0 Å². The summed E-state index contributed by atoms with van der Waals surface area (Å²) in [5.74, 6) is -5.61. The Kier molecular flexibility index (Phi) is 21.8. The topological polar surface area (TPSA) is 300 Å². The number of ketones is 1. The number of ether oxygens (including phenoxy) is 2. The summed E-state index contributed by atoms with van der Waals surface area (Å²) in [5, 5.41) is 59.3. The molecule has 3 amide bonds. The molecule has 2 aliphatic heterocycles. The van der Waals surface area contributed by atoms with Gasteiger partial charge in [-0.25, -0.2) is 0 Å². The standard InChI is InChI=1S/C33H58N8O14/c1-22(43)16-35-25(44)4-3-24(34-2)32(52)36-17-26(45)37-31-23(21-42)15-30(55-33(31)53)54-14-13-38-5-7-39(18-27(46)47)9-11-41(20-29(50)51)12-10-40(8-6-38)19-28(48)49/h23-24,30-31,33-34,42,53H,3-21H2,1-2H3,(H,35,44)(H,36,52)(H,37,45)(H,46,47)(H,48,49)(H,50,51). The van der Waals surface area contributed by atoms with Crippen LogP contribution in [-0.2, 0) is 43.0 Å². The van der Waals surface area contributed by atoms with Crippen molar-refractivity contribution in [1.82, 2.24) is 40.9 Å². The van der Waals surface area contributed by atoms with E-state index in [1.165, 1.54) is 14.0 Å². The second-order valence-electron chi connectivity index (χ2n) is 13.5. The molecule has 2 heterocycles. The van der Waals surface area contributed by atoms with Gasteiger partial charge in [-0.3, -0.25) is 53.2 Å². The molecular weight excluding hydrogens is 732 g/mol. The number of amides is 3. The summed E-state index contributed by atoms with van der Waals surface area (Å²) >= 11 is 0. The van der Waals surface area contributed by atoms with Gasteiger partial charge in [0.1, 0.15) is 5.78 Å². The number of hydrogen-bond acceptors (Lipinski definition) is 16. The molecule has 22 nitrogen and oxygen atoms in total. The lowest BCUT2D eigenvalue weighted by Gasteiger charge is -2.39. The minimum atomic E-state index is -1.56. The number of carbonyl (C=O) groups excluding carboxylic acids is 4. The van der Waals surface area contributed by atoms with E-state index in [4.69, 9.17) is 9.47 Å². The smallest absolute Gasteiger partial charge is 0.317 e. The number of hydrogen-bond donors (Lipinski definition) is 9. The number of nitrogens with one attached hydrogen (secondary N) is 4. The average molecular weight is 791 g/mol. The number of carboxylic acids is 3. The molecule has 2 fully saturated rings. The van der Waals surface area contributed by atoms with E-state index < -0.39 is 79.4 Å². The molecule has 2 saturated heterocycles. The molecule has 9 N–H and O–H groups in total. The first-order valence-electron chi connectivity index (χ1n) is 18.2. The fraction of sp³-hybridized carbons (Fsp3) is 0.788. The minimum Gasteiger partial charge on any atom is -0.480 e. The molecule has 314 valence electrons. The Morgan fingerprint density at radius 2 is 1.27 bits per heavy atom. The van der Waals surface area contributed by atoms with Gasteiger partial charge in [-0.1, -0.05) is 0 Å². The molecular formula is C33H58N8O14. The van der Waals surface area contributed by atoms with E-state index in [9.17, 15) is 59.1 Å². The van der Waals surface area contributed by atoms with Crippen LogP contribution in [0, 0.1) is 5.92 Å². The van der Waals surface area contributed by atoms with E-state index >= 15 is 0 Å². The molecule has 2 rings (SSSR count). The maximum Gasteiger partial charge on any atom is 0.317 e. The number of carbonyl (C=O) groups is 7. The Balaban J connectivity index is 1.92. The Morgan fingerprint density at radius 3 is 1.73 bits per heavy atom. The van der Waals surface area contributed by atoms with Gasteiger partial charge in [0.05, 0.1) is 51.4 Å². The SMILES string of the molecule is CNC(CCC(=O)NCC(C)=O)C(=O)NCC(=O)NC1C(CO)CC(OCCN2CCN(CC(=O)O)CCN(CC(=O)O)CCN(CC(=O)O)CC2)OC1O. The van der Waals surface area contributed by atoms with Gasteiger partial charge in [0.2, 0.25) is 17.7 Å². The molecule has 5 atom stereocenters. The van der Waals surface area contributed by atoms with Crippen LogP contribution in [0.4, 0.5) is 0 Å². The third kappa shape index (κ3) is 19.5. The highest BCUT2D eigenvalue weighted by Gasteiger charge is 2.39. The third-order valence-corrected chi connectivity index (χ3v) is 9.16. The highest BCUT2D eigenvalue weighted by atomic mass is 16.7. The van der Waals surface area contributed by atoms with Crippen molar-refractivity contribution in [3.05, 3.63) is 0 Å². The normalized spacial score (nSPS) is 23.1. The van der Waals surface area contributed by atoms with Gasteiger partial charge >= 0.3 is 17.9 Å². The van der Waals surface area contributed by atoms with E-state index in [0.717, 1.165) is 0 Å². The summed E-state index contributed by atoms with van der Waals surface area (Å²) in [7, 11) is 1.52. The first-order valence-corrected chi connectivity index (χ1v) is 18.2. The van der Waals surface area contributed by atoms with Gasteiger partial charge in [-0.15, -0.1) is 0 Å². The van der Waals surface area contributed by atoms with E-state index in [2.05, 4.69) is 21.3 Å². The highest BCUT2D eigenvalue weighted by Crippen LogP contribution is 2.25. The molecule has 22 heteroatoms. The van der Waals surface area contributed by atoms with Gasteiger partial charge in [0.25, 0.3) is 0 Å². The molecule has 0 aliphatic carbocycles. The summed E-state index contributed by atoms with van der Waals surface area (Å²) in [4.78, 5) is 89.8.